The number of amides is 1. The summed E-state index contributed by atoms with van der Waals surface area (Å²) in [5.41, 5.74) is 5.23. The van der Waals surface area contributed by atoms with Crippen LogP contribution >= 0.6 is 0 Å². The van der Waals surface area contributed by atoms with Gasteiger partial charge < -0.3 is 0 Å². The highest BCUT2D eigenvalue weighted by Gasteiger charge is 2.33. The van der Waals surface area contributed by atoms with Crippen LogP contribution < -0.4 is 10.4 Å². The minimum absolute atomic E-state index is 0.120. The Kier molecular flexibility index (Phi) is 4.15. The number of hydrazone groups is 2. The van der Waals surface area contributed by atoms with Gasteiger partial charge in [0.1, 0.15) is 11.7 Å². The molecule has 1 aromatic heterocycles. The molecule has 2 aromatic carbocycles. The summed E-state index contributed by atoms with van der Waals surface area (Å²) in [6, 6.07) is 21.1. The minimum Gasteiger partial charge on any atom is -0.271 e. The fourth-order valence-electron chi connectivity index (χ4n) is 2.81. The van der Waals surface area contributed by atoms with Crippen LogP contribution in [0.25, 0.3) is 10.9 Å². The quantitative estimate of drug-likeness (QED) is 0.580. The van der Waals surface area contributed by atoms with Crippen molar-refractivity contribution in [2.75, 3.05) is 10.4 Å². The lowest BCUT2D eigenvalue weighted by Crippen LogP contribution is -2.28. The Bertz CT molecular complexity index is 1010. The number of aromatic nitrogens is 1. The Morgan fingerprint density at radius 2 is 1.81 bits per heavy atom. The number of rotatable bonds is 4. The van der Waals surface area contributed by atoms with Crippen molar-refractivity contribution in [3.05, 3.63) is 66.7 Å². The van der Waals surface area contributed by atoms with Gasteiger partial charge >= 0.3 is 0 Å². The smallest absolute Gasteiger partial charge is 0.261 e. The number of para-hydroxylation sites is 2. The van der Waals surface area contributed by atoms with Crippen molar-refractivity contribution >= 4 is 40.2 Å². The first-order chi connectivity index (χ1) is 12.7. The van der Waals surface area contributed by atoms with Gasteiger partial charge in [0, 0.05) is 11.6 Å². The van der Waals surface area contributed by atoms with Gasteiger partial charge in [0.05, 0.1) is 16.9 Å². The molecular weight excluding hydrogens is 326 g/mol. The van der Waals surface area contributed by atoms with E-state index in [9.17, 15) is 4.79 Å². The highest BCUT2D eigenvalue weighted by molar-refractivity contribution is 6.23. The van der Waals surface area contributed by atoms with Gasteiger partial charge in [-0.15, -0.1) is 0 Å². The van der Waals surface area contributed by atoms with Crippen molar-refractivity contribution in [3.8, 4) is 0 Å². The zero-order chi connectivity index (χ0) is 17.9. The molecule has 0 saturated heterocycles. The third-order valence-corrected chi connectivity index (χ3v) is 4.18. The first kappa shape index (κ1) is 16.0. The predicted octanol–water partition coefficient (Wildman–Crippen LogP) is 3.67. The summed E-state index contributed by atoms with van der Waals surface area (Å²) in [7, 11) is 0. The van der Waals surface area contributed by atoms with Gasteiger partial charge in [0.2, 0.25) is 0 Å². The van der Waals surface area contributed by atoms with Crippen LogP contribution in [-0.2, 0) is 4.79 Å². The van der Waals surface area contributed by atoms with E-state index in [0.717, 1.165) is 16.6 Å². The van der Waals surface area contributed by atoms with Gasteiger partial charge in [0.25, 0.3) is 5.91 Å². The zero-order valence-electron chi connectivity index (χ0n) is 14.2. The number of pyridine rings is 1. The van der Waals surface area contributed by atoms with Crippen LogP contribution in [0, 0.1) is 5.92 Å². The Morgan fingerprint density at radius 3 is 2.65 bits per heavy atom. The van der Waals surface area contributed by atoms with E-state index < -0.39 is 5.92 Å². The average molecular weight is 343 g/mol. The van der Waals surface area contributed by atoms with E-state index in [1.807, 2.05) is 73.7 Å². The third kappa shape index (κ3) is 3.04. The number of carbonyl (C=O) groups is 1. The summed E-state index contributed by atoms with van der Waals surface area (Å²) in [4.78, 5) is 17.1. The molecule has 0 aliphatic carbocycles. The molecule has 4 rings (SSSR count). The van der Waals surface area contributed by atoms with Gasteiger partial charge in [0.15, 0.2) is 0 Å². The van der Waals surface area contributed by atoms with Crippen molar-refractivity contribution in [1.82, 2.24) is 4.98 Å². The lowest BCUT2D eigenvalue weighted by atomic mass is 10.1. The standard InChI is InChI=1S/C20H17N5O/c1-14-17(20(26)25(24-14)16-8-3-2-4-9-16)13-21-23-19-12-11-15-7-5-6-10-18(15)22-19/h2-13,17H,1H3,(H,22,23)/b21-13-/t17-/m1/s1. The molecule has 0 bridgehead atoms. The van der Waals surface area contributed by atoms with Gasteiger partial charge in [-0.1, -0.05) is 36.4 Å². The van der Waals surface area contributed by atoms with Crippen LogP contribution in [-0.4, -0.2) is 22.8 Å². The van der Waals surface area contributed by atoms with E-state index in [-0.39, 0.29) is 5.91 Å². The molecule has 6 heteroatoms. The second-order valence-electron chi connectivity index (χ2n) is 5.98. The number of hydrogen-bond acceptors (Lipinski definition) is 5. The topological polar surface area (TPSA) is 70.0 Å². The molecule has 0 unspecified atom stereocenters. The molecular formula is C20H17N5O. The SMILES string of the molecule is CC1=NN(c2ccccc2)C(=O)[C@@H]1/C=N\Nc1ccc2ccccc2n1. The molecule has 3 aromatic rings. The molecule has 1 N–H and O–H groups in total. The molecule has 6 nitrogen and oxygen atoms in total. The molecule has 0 spiro atoms. The third-order valence-electron chi connectivity index (χ3n) is 4.18. The zero-order valence-corrected chi connectivity index (χ0v) is 14.2. The van der Waals surface area contributed by atoms with Crippen LogP contribution in [0.2, 0.25) is 0 Å². The van der Waals surface area contributed by atoms with E-state index in [2.05, 4.69) is 20.6 Å². The number of nitrogens with zero attached hydrogens (tertiary/aromatic N) is 4. The van der Waals surface area contributed by atoms with E-state index in [0.29, 0.717) is 11.5 Å². The highest BCUT2D eigenvalue weighted by Crippen LogP contribution is 2.22. The molecule has 1 aliphatic heterocycles. The Morgan fingerprint density at radius 1 is 1.04 bits per heavy atom. The van der Waals surface area contributed by atoms with Gasteiger partial charge in [-0.2, -0.15) is 15.2 Å². The Labute approximate surface area is 150 Å². The number of fused-ring (bicyclic) bond motifs is 1. The molecule has 0 radical (unpaired) electrons. The molecule has 0 fully saturated rings. The maximum atomic E-state index is 12.6. The van der Waals surface area contributed by atoms with Crippen molar-refractivity contribution in [3.63, 3.8) is 0 Å². The molecule has 1 atom stereocenters. The Balaban J connectivity index is 1.48. The van der Waals surface area contributed by atoms with Crippen molar-refractivity contribution < 1.29 is 4.79 Å². The summed E-state index contributed by atoms with van der Waals surface area (Å²) in [5.74, 6) is 0.0220. The second-order valence-corrected chi connectivity index (χ2v) is 5.98. The first-order valence-electron chi connectivity index (χ1n) is 8.31. The van der Waals surface area contributed by atoms with Crippen LogP contribution in [0.1, 0.15) is 6.92 Å². The lowest BCUT2D eigenvalue weighted by molar-refractivity contribution is -0.118. The molecule has 26 heavy (non-hydrogen) atoms. The molecule has 1 aliphatic rings. The maximum absolute atomic E-state index is 12.6. The maximum Gasteiger partial charge on any atom is 0.261 e. The van der Waals surface area contributed by atoms with E-state index in [4.69, 9.17) is 0 Å². The van der Waals surface area contributed by atoms with Gasteiger partial charge in [-0.05, 0) is 37.3 Å². The number of hydrogen-bond donors (Lipinski definition) is 1. The monoisotopic (exact) mass is 343 g/mol. The van der Waals surface area contributed by atoms with Crippen molar-refractivity contribution in [2.45, 2.75) is 6.92 Å². The predicted molar refractivity (Wildman–Crippen MR) is 104 cm³/mol. The number of benzene rings is 2. The summed E-state index contributed by atoms with van der Waals surface area (Å²) in [6.45, 7) is 1.83. The fraction of sp³-hybridized carbons (Fsp3) is 0.100. The molecule has 1 amide bonds. The van der Waals surface area contributed by atoms with E-state index in [1.54, 1.807) is 6.21 Å². The van der Waals surface area contributed by atoms with Gasteiger partial charge in [-0.3, -0.25) is 10.2 Å². The molecule has 2 heterocycles. The van der Waals surface area contributed by atoms with Crippen LogP contribution in [0.3, 0.4) is 0 Å². The summed E-state index contributed by atoms with van der Waals surface area (Å²) < 4.78 is 0. The highest BCUT2D eigenvalue weighted by atomic mass is 16.2. The summed E-state index contributed by atoms with van der Waals surface area (Å²) >= 11 is 0. The van der Waals surface area contributed by atoms with E-state index in [1.165, 1.54) is 5.01 Å². The largest absolute Gasteiger partial charge is 0.271 e. The van der Waals surface area contributed by atoms with Crippen LogP contribution in [0.4, 0.5) is 11.5 Å². The molecule has 128 valence electrons. The lowest BCUT2D eigenvalue weighted by Gasteiger charge is -2.12. The average Bonchev–Trinajstić information content (AvgIpc) is 2.97. The minimum atomic E-state index is -0.483. The van der Waals surface area contributed by atoms with Crippen molar-refractivity contribution in [2.24, 2.45) is 16.1 Å². The second kappa shape index (κ2) is 6.76. The summed E-state index contributed by atoms with van der Waals surface area (Å²) in [6.07, 6.45) is 1.57. The fourth-order valence-corrected chi connectivity index (χ4v) is 2.81. The number of nitrogens with one attached hydrogen (secondary N) is 1. The Hall–Kier alpha value is -3.54. The normalized spacial score (nSPS) is 17.1. The van der Waals surface area contributed by atoms with Crippen LogP contribution in [0.5, 0.6) is 0 Å². The van der Waals surface area contributed by atoms with Crippen molar-refractivity contribution in [1.29, 1.82) is 0 Å². The number of carbonyl (C=O) groups excluding carboxylic acids is 1. The van der Waals surface area contributed by atoms with E-state index >= 15 is 0 Å². The summed E-state index contributed by atoms with van der Waals surface area (Å²) in [5, 5.41) is 11.0. The van der Waals surface area contributed by atoms with Crippen LogP contribution in [0.15, 0.2) is 76.9 Å². The van der Waals surface area contributed by atoms with Gasteiger partial charge in [-0.25, -0.2) is 4.98 Å². The molecule has 0 saturated carbocycles. The first-order valence-corrected chi connectivity index (χ1v) is 8.31. The number of anilines is 2.